The third-order valence-corrected chi connectivity index (χ3v) is 2.71. The zero-order valence-electron chi connectivity index (χ0n) is 11.5. The third-order valence-electron chi connectivity index (χ3n) is 2.71. The van der Waals surface area contributed by atoms with Crippen molar-refractivity contribution in [2.75, 3.05) is 0 Å². The largest absolute Gasteiger partial charge is 0.350 e. The van der Waals surface area contributed by atoms with Gasteiger partial charge in [0, 0.05) is 13.1 Å². The van der Waals surface area contributed by atoms with Crippen LogP contribution in [0.4, 0.5) is 0 Å². The molecule has 17 heavy (non-hydrogen) atoms. The van der Waals surface area contributed by atoms with Gasteiger partial charge in [-0.25, -0.2) is 0 Å². The molecule has 4 heteroatoms. The fraction of sp³-hybridized carbons (Fsp3) is 0.692. The summed E-state index contributed by atoms with van der Waals surface area (Å²) >= 11 is 0. The molecule has 0 radical (unpaired) electrons. The molecule has 0 bridgehead atoms. The second-order valence-corrected chi connectivity index (χ2v) is 4.62. The van der Waals surface area contributed by atoms with E-state index in [1.54, 1.807) is 0 Å². The standard InChI is InChI=1S/C13H23N3O/c1-6-8-10-12(13(17)14-9(3)4)11(7-2)16(5)15-10/h9H,6-8H2,1-5H3,(H,14,17). The van der Waals surface area contributed by atoms with Gasteiger partial charge in [-0.2, -0.15) is 5.10 Å². The van der Waals surface area contributed by atoms with Crippen molar-refractivity contribution < 1.29 is 4.79 Å². The van der Waals surface area contributed by atoms with Crippen molar-refractivity contribution in [1.82, 2.24) is 15.1 Å². The quantitative estimate of drug-likeness (QED) is 0.852. The molecular formula is C13H23N3O. The van der Waals surface area contributed by atoms with Crippen LogP contribution < -0.4 is 5.32 Å². The molecular weight excluding hydrogens is 214 g/mol. The maximum Gasteiger partial charge on any atom is 0.255 e. The van der Waals surface area contributed by atoms with Crippen molar-refractivity contribution in [3.8, 4) is 0 Å². The molecule has 0 aliphatic rings. The van der Waals surface area contributed by atoms with Crippen LogP contribution in [0.2, 0.25) is 0 Å². The normalized spacial score (nSPS) is 10.9. The number of nitrogens with zero attached hydrogens (tertiary/aromatic N) is 2. The van der Waals surface area contributed by atoms with E-state index in [-0.39, 0.29) is 11.9 Å². The first-order valence-corrected chi connectivity index (χ1v) is 6.36. The molecule has 0 saturated carbocycles. The molecule has 1 heterocycles. The van der Waals surface area contributed by atoms with Crippen molar-refractivity contribution in [2.24, 2.45) is 7.05 Å². The third kappa shape index (κ3) is 3.08. The van der Waals surface area contributed by atoms with Gasteiger partial charge >= 0.3 is 0 Å². The van der Waals surface area contributed by atoms with E-state index in [1.165, 1.54) is 0 Å². The van der Waals surface area contributed by atoms with E-state index < -0.39 is 0 Å². The van der Waals surface area contributed by atoms with Crippen LogP contribution >= 0.6 is 0 Å². The fourth-order valence-electron chi connectivity index (χ4n) is 2.03. The zero-order valence-corrected chi connectivity index (χ0v) is 11.5. The molecule has 0 atom stereocenters. The van der Waals surface area contributed by atoms with Gasteiger partial charge in [0.25, 0.3) is 5.91 Å². The van der Waals surface area contributed by atoms with Crippen molar-refractivity contribution >= 4 is 5.91 Å². The van der Waals surface area contributed by atoms with E-state index in [1.807, 2.05) is 25.6 Å². The Morgan fingerprint density at radius 3 is 2.53 bits per heavy atom. The number of hydrogen-bond acceptors (Lipinski definition) is 2. The van der Waals surface area contributed by atoms with E-state index in [0.717, 1.165) is 36.2 Å². The lowest BCUT2D eigenvalue weighted by Gasteiger charge is -2.09. The van der Waals surface area contributed by atoms with Crippen LogP contribution in [0.1, 0.15) is 55.9 Å². The van der Waals surface area contributed by atoms with Crippen LogP contribution in [-0.4, -0.2) is 21.7 Å². The Hall–Kier alpha value is -1.32. The van der Waals surface area contributed by atoms with E-state index >= 15 is 0 Å². The summed E-state index contributed by atoms with van der Waals surface area (Å²) < 4.78 is 1.83. The smallest absolute Gasteiger partial charge is 0.255 e. The molecule has 1 amide bonds. The predicted octanol–water partition coefficient (Wildman–Crippen LogP) is 2.07. The molecule has 0 saturated heterocycles. The number of carbonyl (C=O) groups excluding carboxylic acids is 1. The average molecular weight is 237 g/mol. The van der Waals surface area contributed by atoms with E-state index in [2.05, 4.69) is 24.3 Å². The van der Waals surface area contributed by atoms with Crippen molar-refractivity contribution in [1.29, 1.82) is 0 Å². The molecule has 0 aliphatic carbocycles. The molecule has 0 spiro atoms. The molecule has 1 aromatic rings. The Morgan fingerprint density at radius 1 is 1.41 bits per heavy atom. The number of aryl methyl sites for hydroxylation is 2. The highest BCUT2D eigenvalue weighted by atomic mass is 16.1. The molecule has 0 aliphatic heterocycles. The summed E-state index contributed by atoms with van der Waals surface area (Å²) in [5, 5.41) is 7.41. The number of rotatable bonds is 5. The Balaban J connectivity index is 3.12. The highest BCUT2D eigenvalue weighted by Gasteiger charge is 2.21. The summed E-state index contributed by atoms with van der Waals surface area (Å²) in [6.45, 7) is 8.10. The van der Waals surface area contributed by atoms with Gasteiger partial charge in [0.1, 0.15) is 0 Å². The molecule has 1 rings (SSSR count). The first-order valence-electron chi connectivity index (χ1n) is 6.36. The number of amides is 1. The van der Waals surface area contributed by atoms with Crippen LogP contribution in [0.25, 0.3) is 0 Å². The highest BCUT2D eigenvalue weighted by molar-refractivity contribution is 5.96. The lowest BCUT2D eigenvalue weighted by molar-refractivity contribution is 0.0941. The second kappa shape index (κ2) is 5.84. The van der Waals surface area contributed by atoms with Gasteiger partial charge in [0.2, 0.25) is 0 Å². The predicted molar refractivity (Wildman–Crippen MR) is 69.2 cm³/mol. The zero-order chi connectivity index (χ0) is 13.0. The van der Waals surface area contributed by atoms with E-state index in [9.17, 15) is 4.79 Å². The molecule has 0 unspecified atom stereocenters. The lowest BCUT2D eigenvalue weighted by Crippen LogP contribution is -2.31. The maximum atomic E-state index is 12.2. The molecule has 1 N–H and O–H groups in total. The van der Waals surface area contributed by atoms with Crippen LogP contribution in [0.15, 0.2) is 0 Å². The summed E-state index contributed by atoms with van der Waals surface area (Å²) in [4.78, 5) is 12.2. The van der Waals surface area contributed by atoms with Gasteiger partial charge in [-0.05, 0) is 26.7 Å². The van der Waals surface area contributed by atoms with E-state index in [0.29, 0.717) is 0 Å². The number of carbonyl (C=O) groups is 1. The van der Waals surface area contributed by atoms with Gasteiger partial charge in [-0.3, -0.25) is 9.48 Å². The Bertz CT molecular complexity index is 394. The molecule has 1 aromatic heterocycles. The van der Waals surface area contributed by atoms with Crippen LogP contribution in [0.5, 0.6) is 0 Å². The second-order valence-electron chi connectivity index (χ2n) is 4.62. The van der Waals surface area contributed by atoms with Crippen LogP contribution in [-0.2, 0) is 19.9 Å². The summed E-state index contributed by atoms with van der Waals surface area (Å²) in [6.07, 6.45) is 2.69. The van der Waals surface area contributed by atoms with E-state index in [4.69, 9.17) is 0 Å². The number of nitrogens with one attached hydrogen (secondary N) is 1. The topological polar surface area (TPSA) is 46.9 Å². The fourth-order valence-corrected chi connectivity index (χ4v) is 2.03. The van der Waals surface area contributed by atoms with Crippen LogP contribution in [0.3, 0.4) is 0 Å². The SMILES string of the molecule is CCCc1nn(C)c(CC)c1C(=O)NC(C)C. The molecule has 4 nitrogen and oxygen atoms in total. The summed E-state index contributed by atoms with van der Waals surface area (Å²) in [7, 11) is 1.91. The number of aromatic nitrogens is 2. The molecule has 96 valence electrons. The van der Waals surface area contributed by atoms with Crippen LogP contribution in [0, 0.1) is 0 Å². The minimum atomic E-state index is 0.00778. The Labute approximate surface area is 103 Å². The molecule has 0 fully saturated rings. The lowest BCUT2D eigenvalue weighted by atomic mass is 10.1. The Morgan fingerprint density at radius 2 is 2.06 bits per heavy atom. The number of hydrogen-bond donors (Lipinski definition) is 1. The van der Waals surface area contributed by atoms with Gasteiger partial charge in [-0.15, -0.1) is 0 Å². The van der Waals surface area contributed by atoms with Gasteiger partial charge < -0.3 is 5.32 Å². The monoisotopic (exact) mass is 237 g/mol. The van der Waals surface area contributed by atoms with Crippen molar-refractivity contribution in [3.05, 3.63) is 17.0 Å². The van der Waals surface area contributed by atoms with Gasteiger partial charge in [-0.1, -0.05) is 20.3 Å². The van der Waals surface area contributed by atoms with Crippen molar-refractivity contribution in [3.63, 3.8) is 0 Å². The highest BCUT2D eigenvalue weighted by Crippen LogP contribution is 2.16. The van der Waals surface area contributed by atoms with Gasteiger partial charge in [0.05, 0.1) is 17.0 Å². The minimum absolute atomic E-state index is 0.00778. The van der Waals surface area contributed by atoms with Crippen molar-refractivity contribution in [2.45, 2.75) is 53.0 Å². The Kier molecular flexibility index (Phi) is 4.73. The first kappa shape index (κ1) is 13.7. The summed E-state index contributed by atoms with van der Waals surface area (Å²) in [5.74, 6) is 0.00778. The maximum absolute atomic E-state index is 12.2. The average Bonchev–Trinajstić information content (AvgIpc) is 2.54. The first-order chi connectivity index (χ1) is 8.01. The summed E-state index contributed by atoms with van der Waals surface area (Å²) in [5.41, 5.74) is 2.72. The summed E-state index contributed by atoms with van der Waals surface area (Å²) in [6, 6.07) is 0.155. The van der Waals surface area contributed by atoms with Gasteiger partial charge in [0.15, 0.2) is 0 Å². The minimum Gasteiger partial charge on any atom is -0.350 e. The molecule has 0 aromatic carbocycles.